The fourth-order valence-corrected chi connectivity index (χ4v) is 2.51. The van der Waals surface area contributed by atoms with Crippen LogP contribution in [-0.4, -0.2) is 27.8 Å². The van der Waals surface area contributed by atoms with Gasteiger partial charge in [-0.05, 0) is 6.92 Å². The van der Waals surface area contributed by atoms with Crippen LogP contribution in [0.3, 0.4) is 0 Å². The Morgan fingerprint density at radius 2 is 1.62 bits per heavy atom. The lowest BCUT2D eigenvalue weighted by Crippen LogP contribution is -1.98. The Kier molecular flexibility index (Phi) is 12.0. The van der Waals surface area contributed by atoms with Crippen LogP contribution in [0.1, 0.15) is 41.5 Å². The largest absolute Gasteiger partial charge is 0.466 e. The first-order valence-corrected chi connectivity index (χ1v) is 6.21. The molecular formula is C10H22AlO2. The first-order valence-electron chi connectivity index (χ1n) is 4.88. The molecule has 0 amide bonds. The molecule has 0 spiro atoms. The van der Waals surface area contributed by atoms with Gasteiger partial charge in [0, 0.05) is 6.92 Å². The number of hydrogen-bond donors (Lipinski definition) is 0. The van der Waals surface area contributed by atoms with E-state index in [4.69, 9.17) is 0 Å². The number of esters is 1. The van der Waals surface area contributed by atoms with Gasteiger partial charge in [-0.3, -0.25) is 4.79 Å². The normalized spacial score (nSPS) is 9.23. The van der Waals surface area contributed by atoms with Gasteiger partial charge in [0.05, 0.1) is 6.61 Å². The monoisotopic (exact) mass is 201 g/mol. The average Bonchev–Trinajstić information content (AvgIpc) is 1.83. The van der Waals surface area contributed by atoms with Gasteiger partial charge in [-0.25, -0.2) is 0 Å². The SMILES string of the molecule is CCOC(C)=O.C[CH](C)[Al][CH](C)C. The fraction of sp³-hybridized carbons (Fsp3) is 0.900. The van der Waals surface area contributed by atoms with Gasteiger partial charge < -0.3 is 4.74 Å². The van der Waals surface area contributed by atoms with Gasteiger partial charge >= 0.3 is 5.97 Å². The Morgan fingerprint density at radius 3 is 1.62 bits per heavy atom. The molecule has 0 aliphatic rings. The van der Waals surface area contributed by atoms with Crippen molar-refractivity contribution in [2.24, 2.45) is 0 Å². The lowest BCUT2D eigenvalue weighted by atomic mass is 10.5. The van der Waals surface area contributed by atoms with E-state index in [2.05, 4.69) is 32.4 Å². The van der Waals surface area contributed by atoms with E-state index in [9.17, 15) is 4.79 Å². The van der Waals surface area contributed by atoms with E-state index >= 15 is 0 Å². The molecular weight excluding hydrogens is 179 g/mol. The van der Waals surface area contributed by atoms with Crippen LogP contribution in [0.15, 0.2) is 0 Å². The van der Waals surface area contributed by atoms with Crippen molar-refractivity contribution in [3.8, 4) is 0 Å². The molecule has 0 saturated carbocycles. The van der Waals surface area contributed by atoms with Gasteiger partial charge in [-0.1, -0.05) is 37.3 Å². The molecule has 0 atom stereocenters. The van der Waals surface area contributed by atoms with Crippen molar-refractivity contribution in [1.29, 1.82) is 0 Å². The predicted molar refractivity (Wildman–Crippen MR) is 58.3 cm³/mol. The van der Waals surface area contributed by atoms with Gasteiger partial charge in [0.25, 0.3) is 0 Å². The molecule has 2 nitrogen and oxygen atoms in total. The van der Waals surface area contributed by atoms with E-state index < -0.39 is 0 Å². The number of hydrogen-bond acceptors (Lipinski definition) is 2. The lowest BCUT2D eigenvalue weighted by molar-refractivity contribution is -0.140. The van der Waals surface area contributed by atoms with Crippen molar-refractivity contribution in [2.75, 3.05) is 6.61 Å². The van der Waals surface area contributed by atoms with Crippen LogP contribution in [-0.2, 0) is 9.53 Å². The van der Waals surface area contributed by atoms with Gasteiger partial charge in [0.1, 0.15) is 0 Å². The van der Waals surface area contributed by atoms with Gasteiger partial charge in [-0.2, -0.15) is 0 Å². The Bertz CT molecular complexity index is 116. The second kappa shape index (κ2) is 10.1. The molecule has 0 saturated heterocycles. The summed E-state index contributed by atoms with van der Waals surface area (Å²) in [6, 6.07) is 0. The first-order chi connectivity index (χ1) is 5.90. The molecule has 0 bridgehead atoms. The molecule has 77 valence electrons. The van der Waals surface area contributed by atoms with Crippen LogP contribution in [0.4, 0.5) is 0 Å². The van der Waals surface area contributed by atoms with Crippen LogP contribution in [0.25, 0.3) is 0 Å². The molecule has 1 radical (unpaired) electrons. The molecule has 0 aromatic carbocycles. The predicted octanol–water partition coefficient (Wildman–Crippen LogP) is 2.92. The summed E-state index contributed by atoms with van der Waals surface area (Å²) >= 11 is 0.713. The third-order valence-electron chi connectivity index (χ3n) is 1.12. The van der Waals surface area contributed by atoms with E-state index in [-0.39, 0.29) is 5.97 Å². The molecule has 0 fully saturated rings. The maximum atomic E-state index is 9.82. The molecule has 0 N–H and O–H groups in total. The van der Waals surface area contributed by atoms with Gasteiger partial charge in [0.2, 0.25) is 15.2 Å². The Morgan fingerprint density at radius 1 is 1.23 bits per heavy atom. The minimum absolute atomic E-state index is 0.211. The molecule has 0 aromatic heterocycles. The van der Waals surface area contributed by atoms with Gasteiger partial charge in [0.15, 0.2) is 0 Å². The van der Waals surface area contributed by atoms with E-state index in [0.29, 0.717) is 21.8 Å². The van der Waals surface area contributed by atoms with Crippen LogP contribution >= 0.6 is 0 Å². The van der Waals surface area contributed by atoms with Crippen molar-refractivity contribution in [3.63, 3.8) is 0 Å². The molecule has 0 heterocycles. The summed E-state index contributed by atoms with van der Waals surface area (Å²) in [4.78, 5) is 9.82. The summed E-state index contributed by atoms with van der Waals surface area (Å²) < 4.78 is 6.32. The molecule has 0 unspecified atom stereocenters. The highest BCUT2D eigenvalue weighted by molar-refractivity contribution is 6.38. The zero-order valence-electron chi connectivity index (χ0n) is 9.76. The minimum atomic E-state index is -0.211. The Balaban J connectivity index is 0. The zero-order chi connectivity index (χ0) is 10.9. The van der Waals surface area contributed by atoms with Crippen LogP contribution in [0.2, 0.25) is 9.56 Å². The van der Waals surface area contributed by atoms with E-state index in [1.54, 1.807) is 6.92 Å². The number of carbonyl (C=O) groups excluding carboxylic acids is 1. The van der Waals surface area contributed by atoms with Gasteiger partial charge in [-0.15, -0.1) is 0 Å². The summed E-state index contributed by atoms with van der Waals surface area (Å²) in [7, 11) is 0. The van der Waals surface area contributed by atoms with Crippen LogP contribution in [0, 0.1) is 0 Å². The third kappa shape index (κ3) is 24.5. The van der Waals surface area contributed by atoms with Crippen molar-refractivity contribution in [2.45, 2.75) is 51.1 Å². The third-order valence-corrected chi connectivity index (χ3v) is 2.66. The molecule has 0 aliphatic heterocycles. The Labute approximate surface area is 88.8 Å². The zero-order valence-corrected chi connectivity index (χ0v) is 10.9. The highest BCUT2D eigenvalue weighted by Crippen LogP contribution is 2.07. The van der Waals surface area contributed by atoms with Crippen molar-refractivity contribution in [3.05, 3.63) is 0 Å². The van der Waals surface area contributed by atoms with E-state index in [0.717, 1.165) is 9.56 Å². The minimum Gasteiger partial charge on any atom is -0.466 e. The number of ether oxygens (including phenoxy) is 1. The average molecular weight is 201 g/mol. The number of carbonyl (C=O) groups is 1. The quantitative estimate of drug-likeness (QED) is 0.518. The topological polar surface area (TPSA) is 26.3 Å². The Hall–Kier alpha value is 0.00247. The molecule has 0 aliphatic carbocycles. The second-order valence-corrected chi connectivity index (χ2v) is 6.66. The maximum absolute atomic E-state index is 9.82. The molecule has 13 heavy (non-hydrogen) atoms. The van der Waals surface area contributed by atoms with E-state index in [1.807, 2.05) is 0 Å². The molecule has 0 rings (SSSR count). The van der Waals surface area contributed by atoms with E-state index in [1.165, 1.54) is 6.92 Å². The smallest absolute Gasteiger partial charge is 0.302 e. The lowest BCUT2D eigenvalue weighted by Gasteiger charge is -2.02. The second-order valence-electron chi connectivity index (χ2n) is 3.61. The summed E-state index contributed by atoms with van der Waals surface area (Å²) in [5, 5.41) is 0. The molecule has 0 aromatic rings. The van der Waals surface area contributed by atoms with Crippen molar-refractivity contribution >= 4 is 21.2 Å². The summed E-state index contributed by atoms with van der Waals surface area (Å²) in [6.45, 7) is 12.9. The van der Waals surface area contributed by atoms with Crippen molar-refractivity contribution in [1.82, 2.24) is 0 Å². The molecule has 3 heteroatoms. The van der Waals surface area contributed by atoms with Crippen LogP contribution < -0.4 is 0 Å². The standard InChI is InChI=1S/C4H8O2.2C3H7.Al/c1-3-6-4(2)5;2*1-3-2;/h3H2,1-2H3;2*3H,1-2H3;. The fourth-order valence-electron chi connectivity index (χ4n) is 0.973. The van der Waals surface area contributed by atoms with Crippen LogP contribution in [0.5, 0.6) is 0 Å². The highest BCUT2D eigenvalue weighted by Gasteiger charge is 1.99. The van der Waals surface area contributed by atoms with Crippen molar-refractivity contribution < 1.29 is 9.53 Å². The number of rotatable bonds is 3. The first kappa shape index (κ1) is 15.5. The summed E-state index contributed by atoms with van der Waals surface area (Å²) in [5.74, 6) is -0.211. The summed E-state index contributed by atoms with van der Waals surface area (Å²) in [5.41, 5.74) is 0. The summed E-state index contributed by atoms with van der Waals surface area (Å²) in [6.07, 6.45) is 0. The highest BCUT2D eigenvalue weighted by atomic mass is 27.1. The maximum Gasteiger partial charge on any atom is 0.302 e.